The summed E-state index contributed by atoms with van der Waals surface area (Å²) < 4.78 is 4.65. The van der Waals surface area contributed by atoms with Crippen LogP contribution in [0.15, 0.2) is 11.4 Å². The number of ether oxygens (including phenoxy) is 1. The van der Waals surface area contributed by atoms with Crippen molar-refractivity contribution in [3.05, 3.63) is 21.9 Å². The Morgan fingerprint density at radius 3 is 2.87 bits per heavy atom. The predicted octanol–water partition coefficient (Wildman–Crippen LogP) is 1.87. The number of thiophene rings is 1. The van der Waals surface area contributed by atoms with E-state index in [1.165, 1.54) is 18.3 Å². The standard InChI is InChI=1S/C11H10O3S/c1-3-14-10(13)5-4-9-6-7-15-11(9)8(2)12/h6-7H,3H2,1-2H3. The zero-order valence-electron chi connectivity index (χ0n) is 8.49. The van der Waals surface area contributed by atoms with Gasteiger partial charge in [-0.25, -0.2) is 4.79 Å². The molecule has 0 aliphatic rings. The van der Waals surface area contributed by atoms with E-state index in [1.807, 2.05) is 0 Å². The minimum Gasteiger partial charge on any atom is -0.456 e. The zero-order chi connectivity index (χ0) is 11.3. The zero-order valence-corrected chi connectivity index (χ0v) is 9.31. The second kappa shape index (κ2) is 5.32. The van der Waals surface area contributed by atoms with Crippen LogP contribution in [0.2, 0.25) is 0 Å². The highest BCUT2D eigenvalue weighted by atomic mass is 32.1. The Bertz CT molecular complexity index is 434. The smallest absolute Gasteiger partial charge is 0.384 e. The lowest BCUT2D eigenvalue weighted by Crippen LogP contribution is -1.99. The van der Waals surface area contributed by atoms with Crippen LogP contribution in [0.1, 0.15) is 29.1 Å². The van der Waals surface area contributed by atoms with E-state index in [9.17, 15) is 9.59 Å². The van der Waals surface area contributed by atoms with E-state index in [0.717, 1.165) is 0 Å². The third-order valence-corrected chi connectivity index (χ3v) is 2.57. The normalized spacial score (nSPS) is 8.93. The van der Waals surface area contributed by atoms with Crippen molar-refractivity contribution in [2.75, 3.05) is 6.61 Å². The summed E-state index contributed by atoms with van der Waals surface area (Å²) in [5.74, 6) is 4.33. The molecule has 0 aliphatic heterocycles. The van der Waals surface area contributed by atoms with Gasteiger partial charge in [0, 0.05) is 11.5 Å². The fourth-order valence-corrected chi connectivity index (χ4v) is 1.72. The van der Waals surface area contributed by atoms with Gasteiger partial charge >= 0.3 is 5.97 Å². The van der Waals surface area contributed by atoms with Gasteiger partial charge in [0.25, 0.3) is 0 Å². The Kier molecular flexibility index (Phi) is 4.07. The monoisotopic (exact) mass is 222 g/mol. The van der Waals surface area contributed by atoms with Crippen molar-refractivity contribution < 1.29 is 14.3 Å². The molecular formula is C11H10O3S. The molecular weight excluding hydrogens is 212 g/mol. The first-order valence-electron chi connectivity index (χ1n) is 4.42. The minimum atomic E-state index is -0.571. The van der Waals surface area contributed by atoms with E-state index in [-0.39, 0.29) is 5.78 Å². The van der Waals surface area contributed by atoms with Crippen LogP contribution in [-0.2, 0) is 9.53 Å². The van der Waals surface area contributed by atoms with E-state index < -0.39 is 5.97 Å². The summed E-state index contributed by atoms with van der Waals surface area (Å²) in [6, 6.07) is 1.72. The molecule has 78 valence electrons. The molecule has 0 amide bonds. The first-order valence-corrected chi connectivity index (χ1v) is 5.30. The summed E-state index contributed by atoms with van der Waals surface area (Å²) in [6.45, 7) is 3.49. The van der Waals surface area contributed by atoms with Crippen LogP contribution in [0.3, 0.4) is 0 Å². The van der Waals surface area contributed by atoms with Gasteiger partial charge in [0.1, 0.15) is 0 Å². The summed E-state index contributed by atoms with van der Waals surface area (Å²) in [5.41, 5.74) is 0.584. The van der Waals surface area contributed by atoms with Crippen LogP contribution in [0.5, 0.6) is 0 Å². The van der Waals surface area contributed by atoms with Gasteiger partial charge in [-0.05, 0) is 25.3 Å². The molecule has 0 saturated heterocycles. The highest BCUT2D eigenvalue weighted by molar-refractivity contribution is 7.12. The lowest BCUT2D eigenvalue weighted by molar-refractivity contribution is -0.136. The van der Waals surface area contributed by atoms with Crippen LogP contribution in [0.25, 0.3) is 0 Å². The first kappa shape index (κ1) is 11.5. The van der Waals surface area contributed by atoms with Gasteiger partial charge in [0.2, 0.25) is 0 Å². The highest BCUT2D eigenvalue weighted by Gasteiger charge is 2.06. The maximum Gasteiger partial charge on any atom is 0.384 e. The first-order chi connectivity index (χ1) is 7.15. The molecule has 3 nitrogen and oxygen atoms in total. The molecule has 0 atom stereocenters. The summed E-state index contributed by atoms with van der Waals surface area (Å²) in [5, 5.41) is 1.77. The summed E-state index contributed by atoms with van der Waals surface area (Å²) in [7, 11) is 0. The Morgan fingerprint density at radius 1 is 1.53 bits per heavy atom. The van der Waals surface area contributed by atoms with E-state index in [4.69, 9.17) is 0 Å². The second-order valence-electron chi connectivity index (χ2n) is 2.69. The molecule has 1 aromatic rings. The maximum atomic E-state index is 11.1. The number of hydrogen-bond acceptors (Lipinski definition) is 4. The summed E-state index contributed by atoms with van der Waals surface area (Å²) in [6.07, 6.45) is 0. The fraction of sp³-hybridized carbons (Fsp3) is 0.273. The van der Waals surface area contributed by atoms with Gasteiger partial charge in [-0.3, -0.25) is 4.79 Å². The lowest BCUT2D eigenvalue weighted by Gasteiger charge is -1.91. The van der Waals surface area contributed by atoms with Crippen molar-refractivity contribution in [1.29, 1.82) is 0 Å². The molecule has 1 rings (SSSR count). The van der Waals surface area contributed by atoms with E-state index in [1.54, 1.807) is 18.4 Å². The van der Waals surface area contributed by atoms with Crippen molar-refractivity contribution in [2.24, 2.45) is 0 Å². The van der Waals surface area contributed by atoms with Crippen LogP contribution in [-0.4, -0.2) is 18.4 Å². The molecule has 4 heteroatoms. The summed E-state index contributed by atoms with van der Waals surface area (Å²) >= 11 is 1.32. The average molecular weight is 222 g/mol. The molecule has 15 heavy (non-hydrogen) atoms. The van der Waals surface area contributed by atoms with Gasteiger partial charge in [0.15, 0.2) is 5.78 Å². The number of carbonyl (C=O) groups is 2. The van der Waals surface area contributed by atoms with Gasteiger partial charge in [-0.1, -0.05) is 5.92 Å². The summed E-state index contributed by atoms with van der Waals surface area (Å²) in [4.78, 5) is 22.6. The third-order valence-electron chi connectivity index (χ3n) is 1.56. The molecule has 1 aromatic heterocycles. The molecule has 0 unspecified atom stereocenters. The quantitative estimate of drug-likeness (QED) is 0.436. The second-order valence-corrected chi connectivity index (χ2v) is 3.61. The minimum absolute atomic E-state index is 0.0434. The molecule has 1 heterocycles. The molecule has 0 N–H and O–H groups in total. The van der Waals surface area contributed by atoms with Crippen molar-refractivity contribution >= 4 is 23.1 Å². The number of ketones is 1. The van der Waals surface area contributed by atoms with E-state index in [0.29, 0.717) is 17.0 Å². The van der Waals surface area contributed by atoms with Crippen LogP contribution < -0.4 is 0 Å². The SMILES string of the molecule is CCOC(=O)C#Cc1ccsc1C(C)=O. The van der Waals surface area contributed by atoms with Crippen LogP contribution in [0, 0.1) is 11.8 Å². The molecule has 0 bridgehead atoms. The topological polar surface area (TPSA) is 43.4 Å². The van der Waals surface area contributed by atoms with Gasteiger partial charge < -0.3 is 4.74 Å². The van der Waals surface area contributed by atoms with Gasteiger partial charge in [-0.2, -0.15) is 0 Å². The van der Waals surface area contributed by atoms with Gasteiger partial charge in [-0.15, -0.1) is 11.3 Å². The fourth-order valence-electron chi connectivity index (χ4n) is 0.966. The van der Waals surface area contributed by atoms with Crippen LogP contribution >= 0.6 is 11.3 Å². The maximum absolute atomic E-state index is 11.1. The number of Topliss-reactive ketones (excluding diaryl/α,β-unsaturated/α-hetero) is 1. The number of carbonyl (C=O) groups excluding carboxylic acids is 2. The largest absolute Gasteiger partial charge is 0.456 e. The van der Waals surface area contributed by atoms with Crippen molar-refractivity contribution in [1.82, 2.24) is 0 Å². The van der Waals surface area contributed by atoms with Gasteiger partial charge in [0.05, 0.1) is 11.5 Å². The predicted molar refractivity (Wildman–Crippen MR) is 57.8 cm³/mol. The Hall–Kier alpha value is -1.60. The molecule has 0 aliphatic carbocycles. The number of hydrogen-bond donors (Lipinski definition) is 0. The van der Waals surface area contributed by atoms with Crippen LogP contribution in [0.4, 0.5) is 0 Å². The average Bonchev–Trinajstić information content (AvgIpc) is 2.63. The lowest BCUT2D eigenvalue weighted by atomic mass is 10.2. The molecule has 0 aromatic carbocycles. The van der Waals surface area contributed by atoms with E-state index >= 15 is 0 Å². The third kappa shape index (κ3) is 3.22. The van der Waals surface area contributed by atoms with Crippen molar-refractivity contribution in [3.8, 4) is 11.8 Å². The molecule has 0 fully saturated rings. The number of rotatable bonds is 2. The van der Waals surface area contributed by atoms with E-state index in [2.05, 4.69) is 16.6 Å². The Morgan fingerprint density at radius 2 is 2.27 bits per heavy atom. The molecule has 0 spiro atoms. The number of esters is 1. The highest BCUT2D eigenvalue weighted by Crippen LogP contribution is 2.15. The van der Waals surface area contributed by atoms with Crippen molar-refractivity contribution in [2.45, 2.75) is 13.8 Å². The molecule has 0 saturated carbocycles. The Balaban J connectivity index is 2.84. The Labute approximate surface area is 92.1 Å². The molecule has 0 radical (unpaired) electrons. The van der Waals surface area contributed by atoms with Crippen molar-refractivity contribution in [3.63, 3.8) is 0 Å².